The first-order valence-electron chi connectivity index (χ1n) is 12.4. The van der Waals surface area contributed by atoms with E-state index < -0.39 is 0 Å². The largest absolute Gasteiger partial charge is 0.353 e. The van der Waals surface area contributed by atoms with Crippen molar-refractivity contribution in [2.24, 2.45) is 0 Å². The van der Waals surface area contributed by atoms with Crippen LogP contribution in [0.1, 0.15) is 68.7 Å². The van der Waals surface area contributed by atoms with Gasteiger partial charge in [-0.25, -0.2) is 9.97 Å². The predicted molar refractivity (Wildman–Crippen MR) is 134 cm³/mol. The molecule has 1 aliphatic heterocycles. The van der Waals surface area contributed by atoms with E-state index in [1.165, 1.54) is 11.3 Å². The second kappa shape index (κ2) is 10.8. The quantitative estimate of drug-likeness (QED) is 0.621. The van der Waals surface area contributed by atoms with Crippen molar-refractivity contribution in [3.8, 4) is 0 Å². The first kappa shape index (κ1) is 24.0. The highest BCUT2D eigenvalue weighted by Crippen LogP contribution is 2.37. The molecule has 0 radical (unpaired) electrons. The van der Waals surface area contributed by atoms with Crippen LogP contribution in [0.15, 0.2) is 30.6 Å². The Labute approximate surface area is 202 Å². The number of piperazine rings is 1. The zero-order valence-electron chi connectivity index (χ0n) is 20.1. The first-order chi connectivity index (χ1) is 16.0. The van der Waals surface area contributed by atoms with E-state index in [0.29, 0.717) is 36.6 Å². The molecule has 4 rings (SSSR count). The molecule has 7 heteroatoms. The minimum Gasteiger partial charge on any atom is -0.353 e. The lowest BCUT2D eigenvalue weighted by Gasteiger charge is -2.38. The van der Waals surface area contributed by atoms with Gasteiger partial charge in [0, 0.05) is 55.0 Å². The van der Waals surface area contributed by atoms with E-state index in [9.17, 15) is 4.79 Å². The number of nitrogens with one attached hydrogen (secondary N) is 1. The molecule has 33 heavy (non-hydrogen) atoms. The molecule has 1 aromatic heterocycles. The molecule has 6 nitrogen and oxygen atoms in total. The van der Waals surface area contributed by atoms with E-state index in [4.69, 9.17) is 11.6 Å². The average Bonchev–Trinajstić information content (AvgIpc) is 3.23. The summed E-state index contributed by atoms with van der Waals surface area (Å²) in [4.78, 5) is 27.2. The molecule has 2 heterocycles. The van der Waals surface area contributed by atoms with Gasteiger partial charge < -0.3 is 15.1 Å². The summed E-state index contributed by atoms with van der Waals surface area (Å²) >= 11 is 6.11. The Morgan fingerprint density at radius 3 is 2.48 bits per heavy atom. The van der Waals surface area contributed by atoms with Gasteiger partial charge in [-0.2, -0.15) is 0 Å². The molecule has 2 aliphatic rings. The monoisotopic (exact) mass is 469 g/mol. The van der Waals surface area contributed by atoms with Gasteiger partial charge in [-0.1, -0.05) is 44.5 Å². The molecule has 0 spiro atoms. The average molecular weight is 470 g/mol. The van der Waals surface area contributed by atoms with E-state index in [1.54, 1.807) is 6.33 Å². The molecule has 0 saturated carbocycles. The summed E-state index contributed by atoms with van der Waals surface area (Å²) in [7, 11) is 0. The van der Waals surface area contributed by atoms with E-state index >= 15 is 0 Å². The molecule has 2 unspecified atom stereocenters. The number of hydrogen-bond donors (Lipinski definition) is 1. The maximum atomic E-state index is 13.7. The number of nitrogens with zero attached hydrogens (tertiary/aromatic N) is 4. The standard InChI is InChI=1S/C26H36ClN5O/c1-4-21(5-2)28-16-22(19-7-9-20(27)10-8-19)26(33)32-14-12-31(13-15-32)25-24-18(3)6-11-23(24)29-17-30-25/h7-10,17-18,21-22,28H,4-6,11-16H2,1-3H3. The fourth-order valence-electron chi connectivity index (χ4n) is 5.14. The van der Waals surface area contributed by atoms with Crippen LogP contribution >= 0.6 is 11.6 Å². The molecule has 1 saturated heterocycles. The second-order valence-corrected chi connectivity index (χ2v) is 9.77. The van der Waals surface area contributed by atoms with Gasteiger partial charge in [0.1, 0.15) is 12.1 Å². The van der Waals surface area contributed by atoms with E-state index in [-0.39, 0.29) is 11.8 Å². The molecule has 1 aliphatic carbocycles. The zero-order valence-corrected chi connectivity index (χ0v) is 20.8. The minimum atomic E-state index is -0.210. The number of carbonyl (C=O) groups is 1. The highest BCUT2D eigenvalue weighted by Gasteiger charge is 2.32. The Morgan fingerprint density at radius 2 is 1.82 bits per heavy atom. The number of anilines is 1. The maximum Gasteiger partial charge on any atom is 0.231 e. The molecule has 1 fully saturated rings. The van der Waals surface area contributed by atoms with Gasteiger partial charge in [-0.3, -0.25) is 4.79 Å². The third kappa shape index (κ3) is 5.33. The van der Waals surface area contributed by atoms with Crippen molar-refractivity contribution in [3.63, 3.8) is 0 Å². The molecule has 1 N–H and O–H groups in total. The topological polar surface area (TPSA) is 61.4 Å². The van der Waals surface area contributed by atoms with Gasteiger partial charge in [0.05, 0.1) is 5.92 Å². The molecule has 2 aromatic rings. The van der Waals surface area contributed by atoms with Crippen molar-refractivity contribution < 1.29 is 4.79 Å². The van der Waals surface area contributed by atoms with Crippen molar-refractivity contribution in [1.29, 1.82) is 0 Å². The summed E-state index contributed by atoms with van der Waals surface area (Å²) < 4.78 is 0. The maximum absolute atomic E-state index is 13.7. The minimum absolute atomic E-state index is 0.191. The Bertz CT molecular complexity index is 938. The number of rotatable bonds is 8. The number of benzene rings is 1. The van der Waals surface area contributed by atoms with Gasteiger partial charge in [0.15, 0.2) is 0 Å². The number of aromatic nitrogens is 2. The summed E-state index contributed by atoms with van der Waals surface area (Å²) in [5.41, 5.74) is 3.53. The van der Waals surface area contributed by atoms with E-state index in [1.807, 2.05) is 29.2 Å². The number of amides is 1. The summed E-state index contributed by atoms with van der Waals surface area (Å²) in [5.74, 6) is 1.55. The second-order valence-electron chi connectivity index (χ2n) is 9.34. The van der Waals surface area contributed by atoms with Crippen molar-refractivity contribution >= 4 is 23.3 Å². The summed E-state index contributed by atoms with van der Waals surface area (Å²) in [6.45, 7) is 10.3. The Morgan fingerprint density at radius 1 is 1.12 bits per heavy atom. The van der Waals surface area contributed by atoms with Gasteiger partial charge in [-0.05, 0) is 49.3 Å². The van der Waals surface area contributed by atoms with Crippen molar-refractivity contribution in [2.75, 3.05) is 37.6 Å². The van der Waals surface area contributed by atoms with Crippen LogP contribution in [-0.4, -0.2) is 59.5 Å². The van der Waals surface area contributed by atoms with Crippen LogP contribution in [0.3, 0.4) is 0 Å². The van der Waals surface area contributed by atoms with Crippen molar-refractivity contribution in [2.45, 2.75) is 64.3 Å². The zero-order chi connectivity index (χ0) is 23.4. The molecular formula is C26H36ClN5O. The van der Waals surface area contributed by atoms with Gasteiger partial charge in [0.25, 0.3) is 0 Å². The normalized spacial score (nSPS) is 19.1. The van der Waals surface area contributed by atoms with Crippen LogP contribution < -0.4 is 10.2 Å². The van der Waals surface area contributed by atoms with Crippen LogP contribution in [0.25, 0.3) is 0 Å². The summed E-state index contributed by atoms with van der Waals surface area (Å²) in [6, 6.07) is 8.15. The van der Waals surface area contributed by atoms with Gasteiger partial charge >= 0.3 is 0 Å². The van der Waals surface area contributed by atoms with E-state index in [2.05, 4.69) is 41.0 Å². The molecule has 1 aromatic carbocycles. The third-order valence-corrected chi connectivity index (χ3v) is 7.56. The third-order valence-electron chi connectivity index (χ3n) is 7.31. The Kier molecular flexibility index (Phi) is 7.86. The fraction of sp³-hybridized carbons (Fsp3) is 0.577. The number of fused-ring (bicyclic) bond motifs is 1. The number of carbonyl (C=O) groups excluding carboxylic acids is 1. The SMILES string of the molecule is CCC(CC)NCC(C(=O)N1CCN(c2ncnc3c2C(C)CC3)CC1)c1ccc(Cl)cc1. The summed E-state index contributed by atoms with van der Waals surface area (Å²) in [5, 5.41) is 4.30. The predicted octanol–water partition coefficient (Wildman–Crippen LogP) is 4.39. The number of hydrogen-bond acceptors (Lipinski definition) is 5. The first-order valence-corrected chi connectivity index (χ1v) is 12.8. The number of aryl methyl sites for hydroxylation is 1. The molecule has 0 bridgehead atoms. The smallest absolute Gasteiger partial charge is 0.231 e. The van der Waals surface area contributed by atoms with E-state index in [0.717, 1.165) is 50.2 Å². The molecule has 2 atom stereocenters. The lowest BCUT2D eigenvalue weighted by molar-refractivity contribution is -0.133. The fourth-order valence-corrected chi connectivity index (χ4v) is 5.26. The Balaban J connectivity index is 1.46. The van der Waals surface area contributed by atoms with Crippen molar-refractivity contribution in [3.05, 3.63) is 52.4 Å². The van der Waals surface area contributed by atoms with Crippen LogP contribution in [0, 0.1) is 0 Å². The lowest BCUT2D eigenvalue weighted by atomic mass is 9.96. The van der Waals surface area contributed by atoms with Crippen LogP contribution in [0.4, 0.5) is 5.82 Å². The van der Waals surface area contributed by atoms with Gasteiger partial charge in [-0.15, -0.1) is 0 Å². The Hall–Kier alpha value is -2.18. The van der Waals surface area contributed by atoms with Crippen LogP contribution in [0.5, 0.6) is 0 Å². The van der Waals surface area contributed by atoms with Crippen LogP contribution in [0.2, 0.25) is 5.02 Å². The molecular weight excluding hydrogens is 434 g/mol. The highest BCUT2D eigenvalue weighted by atomic mass is 35.5. The number of halogens is 1. The highest BCUT2D eigenvalue weighted by molar-refractivity contribution is 6.30. The molecule has 178 valence electrons. The van der Waals surface area contributed by atoms with Crippen LogP contribution in [-0.2, 0) is 11.2 Å². The lowest BCUT2D eigenvalue weighted by Crippen LogP contribution is -2.51. The van der Waals surface area contributed by atoms with Crippen molar-refractivity contribution in [1.82, 2.24) is 20.2 Å². The summed E-state index contributed by atoms with van der Waals surface area (Å²) in [6.07, 6.45) is 5.99. The molecule has 1 amide bonds. The van der Waals surface area contributed by atoms with Gasteiger partial charge in [0.2, 0.25) is 5.91 Å².